The molecule has 5 nitrogen and oxygen atoms in total. The van der Waals surface area contributed by atoms with Crippen molar-refractivity contribution in [1.29, 1.82) is 0 Å². The summed E-state index contributed by atoms with van der Waals surface area (Å²) in [5.41, 5.74) is 0. The van der Waals surface area contributed by atoms with Gasteiger partial charge in [0.1, 0.15) is 11.5 Å². The van der Waals surface area contributed by atoms with E-state index in [1.165, 1.54) is 14.0 Å². The number of hydrogen-bond donors (Lipinski definition) is 0. The van der Waals surface area contributed by atoms with Crippen LogP contribution in [0.4, 0.5) is 0 Å². The molecule has 0 unspecified atom stereocenters. The van der Waals surface area contributed by atoms with Crippen LogP contribution in [0.3, 0.4) is 0 Å². The van der Waals surface area contributed by atoms with Crippen molar-refractivity contribution in [2.45, 2.75) is 20.3 Å². The van der Waals surface area contributed by atoms with Crippen molar-refractivity contribution in [1.82, 2.24) is 0 Å². The molecule has 0 aliphatic heterocycles. The van der Waals surface area contributed by atoms with Crippen LogP contribution < -0.4 is 9.47 Å². The van der Waals surface area contributed by atoms with Gasteiger partial charge in [-0.2, -0.15) is 0 Å². The van der Waals surface area contributed by atoms with Crippen molar-refractivity contribution < 1.29 is 23.8 Å². The van der Waals surface area contributed by atoms with Gasteiger partial charge in [0.05, 0.1) is 14.2 Å². The Morgan fingerprint density at radius 2 is 1.50 bits per heavy atom. The van der Waals surface area contributed by atoms with Gasteiger partial charge in [-0.1, -0.05) is 6.92 Å². The summed E-state index contributed by atoms with van der Waals surface area (Å²) in [5, 5.41) is 0. The average Bonchev–Trinajstić information content (AvgIpc) is 2.40. The summed E-state index contributed by atoms with van der Waals surface area (Å²) in [6.07, 6.45) is 0.381. The molecule has 100 valence electrons. The number of benzene rings is 1. The topological polar surface area (TPSA) is 61.8 Å². The molecule has 0 saturated heterocycles. The minimum absolute atomic E-state index is 0.231. The molecule has 0 aromatic heterocycles. The van der Waals surface area contributed by atoms with Gasteiger partial charge in [0.15, 0.2) is 0 Å². The van der Waals surface area contributed by atoms with Crippen LogP contribution in [-0.2, 0) is 14.3 Å². The fourth-order valence-corrected chi connectivity index (χ4v) is 0.847. The molecular formula is C13H18O5. The second-order valence-corrected chi connectivity index (χ2v) is 3.20. The zero-order valence-electron chi connectivity index (χ0n) is 11.1. The molecule has 0 radical (unpaired) electrons. The lowest BCUT2D eigenvalue weighted by atomic mass is 10.3. The third-order valence-electron chi connectivity index (χ3n) is 1.87. The Labute approximate surface area is 107 Å². The molecule has 0 atom stereocenters. The van der Waals surface area contributed by atoms with Crippen LogP contribution in [0.1, 0.15) is 20.3 Å². The summed E-state index contributed by atoms with van der Waals surface area (Å²) in [6, 6.07) is 6.90. The number of hydrogen-bond acceptors (Lipinski definition) is 5. The first-order valence-corrected chi connectivity index (χ1v) is 5.42. The van der Waals surface area contributed by atoms with Crippen LogP contribution in [0, 0.1) is 0 Å². The largest absolute Gasteiger partial charge is 0.497 e. The number of ether oxygens (including phenoxy) is 3. The van der Waals surface area contributed by atoms with Gasteiger partial charge in [-0.25, -0.2) is 0 Å². The number of methoxy groups -OCH3 is 2. The standard InChI is InChI=1S/C10H12O3.C3H6O2/c1-3-10(11)13-9-6-4-8(12-2)5-7-9;1-3(4)5-2/h4-7H,3H2,1-2H3;1-2H3. The average molecular weight is 254 g/mol. The van der Waals surface area contributed by atoms with Crippen LogP contribution >= 0.6 is 0 Å². The monoisotopic (exact) mass is 254 g/mol. The molecule has 0 heterocycles. The maximum Gasteiger partial charge on any atom is 0.310 e. The molecule has 0 aliphatic carbocycles. The maximum atomic E-state index is 10.9. The van der Waals surface area contributed by atoms with Gasteiger partial charge in [-0.05, 0) is 24.3 Å². The van der Waals surface area contributed by atoms with E-state index < -0.39 is 0 Å². The number of carbonyl (C=O) groups is 2. The van der Waals surface area contributed by atoms with E-state index in [2.05, 4.69) is 4.74 Å². The predicted octanol–water partition coefficient (Wildman–Crippen LogP) is 2.19. The van der Waals surface area contributed by atoms with Gasteiger partial charge < -0.3 is 14.2 Å². The molecule has 18 heavy (non-hydrogen) atoms. The number of carbonyl (C=O) groups excluding carboxylic acids is 2. The smallest absolute Gasteiger partial charge is 0.310 e. The summed E-state index contributed by atoms with van der Waals surface area (Å²) in [5.74, 6) is 0.819. The van der Waals surface area contributed by atoms with Gasteiger partial charge in [0.2, 0.25) is 0 Å². The highest BCUT2D eigenvalue weighted by molar-refractivity contribution is 5.71. The van der Waals surface area contributed by atoms with Crippen molar-refractivity contribution in [3.8, 4) is 11.5 Å². The van der Waals surface area contributed by atoms with Crippen LogP contribution in [-0.4, -0.2) is 26.2 Å². The molecule has 0 saturated carbocycles. The highest BCUT2D eigenvalue weighted by atomic mass is 16.5. The highest BCUT2D eigenvalue weighted by Gasteiger charge is 2.00. The Morgan fingerprint density at radius 1 is 1.06 bits per heavy atom. The van der Waals surface area contributed by atoms with Gasteiger partial charge in [-0.3, -0.25) is 9.59 Å². The Hall–Kier alpha value is -2.04. The van der Waals surface area contributed by atoms with Gasteiger partial charge in [0.25, 0.3) is 0 Å². The Kier molecular flexibility index (Phi) is 8.01. The normalized spacial score (nSPS) is 8.67. The molecule has 5 heteroatoms. The van der Waals surface area contributed by atoms with Crippen LogP contribution in [0.5, 0.6) is 11.5 Å². The first-order valence-electron chi connectivity index (χ1n) is 5.42. The van der Waals surface area contributed by atoms with Gasteiger partial charge >= 0.3 is 11.9 Å². The molecular weight excluding hydrogens is 236 g/mol. The van der Waals surface area contributed by atoms with E-state index in [0.29, 0.717) is 12.2 Å². The van der Waals surface area contributed by atoms with Crippen LogP contribution in [0.2, 0.25) is 0 Å². The van der Waals surface area contributed by atoms with Crippen LogP contribution in [0.15, 0.2) is 24.3 Å². The van der Waals surface area contributed by atoms with Crippen molar-refractivity contribution in [2.75, 3.05) is 14.2 Å². The molecule has 1 aromatic rings. The third kappa shape index (κ3) is 7.27. The fraction of sp³-hybridized carbons (Fsp3) is 0.385. The lowest BCUT2D eigenvalue weighted by Crippen LogP contribution is -2.05. The molecule has 0 amide bonds. The summed E-state index contributed by atoms with van der Waals surface area (Å²) >= 11 is 0. The maximum absolute atomic E-state index is 10.9. The van der Waals surface area contributed by atoms with E-state index in [1.807, 2.05) is 0 Å². The summed E-state index contributed by atoms with van der Waals surface area (Å²) in [4.78, 5) is 20.5. The SMILES string of the molecule is CCC(=O)Oc1ccc(OC)cc1.COC(C)=O. The molecule has 1 aromatic carbocycles. The molecule has 0 bridgehead atoms. The molecule has 0 fully saturated rings. The van der Waals surface area contributed by atoms with E-state index in [-0.39, 0.29) is 11.9 Å². The van der Waals surface area contributed by atoms with Crippen molar-refractivity contribution in [3.05, 3.63) is 24.3 Å². The van der Waals surface area contributed by atoms with E-state index in [0.717, 1.165) is 5.75 Å². The first kappa shape index (κ1) is 16.0. The lowest BCUT2D eigenvalue weighted by Gasteiger charge is -2.03. The second-order valence-electron chi connectivity index (χ2n) is 3.20. The van der Waals surface area contributed by atoms with E-state index in [1.54, 1.807) is 38.3 Å². The van der Waals surface area contributed by atoms with E-state index >= 15 is 0 Å². The minimum atomic E-state index is -0.245. The molecule has 0 spiro atoms. The van der Waals surface area contributed by atoms with Gasteiger partial charge in [0, 0.05) is 13.3 Å². The zero-order valence-corrected chi connectivity index (χ0v) is 11.1. The summed E-state index contributed by atoms with van der Waals surface area (Å²) < 4.78 is 14.0. The summed E-state index contributed by atoms with van der Waals surface area (Å²) in [6.45, 7) is 3.12. The van der Waals surface area contributed by atoms with E-state index in [4.69, 9.17) is 9.47 Å². The minimum Gasteiger partial charge on any atom is -0.497 e. The molecule has 0 aliphatic rings. The predicted molar refractivity (Wildman–Crippen MR) is 66.6 cm³/mol. The number of esters is 2. The molecule has 0 N–H and O–H groups in total. The van der Waals surface area contributed by atoms with Gasteiger partial charge in [-0.15, -0.1) is 0 Å². The zero-order chi connectivity index (χ0) is 14.0. The Bertz CT molecular complexity index is 369. The fourth-order valence-electron chi connectivity index (χ4n) is 0.847. The quantitative estimate of drug-likeness (QED) is 0.611. The number of rotatable bonds is 3. The van der Waals surface area contributed by atoms with Crippen molar-refractivity contribution >= 4 is 11.9 Å². The first-order chi connectivity index (χ1) is 8.53. The third-order valence-corrected chi connectivity index (χ3v) is 1.87. The Balaban J connectivity index is 0.000000494. The Morgan fingerprint density at radius 3 is 1.83 bits per heavy atom. The molecule has 1 rings (SSSR count). The summed E-state index contributed by atoms with van der Waals surface area (Å²) in [7, 11) is 2.94. The highest BCUT2D eigenvalue weighted by Crippen LogP contribution is 2.17. The van der Waals surface area contributed by atoms with E-state index in [9.17, 15) is 9.59 Å². The van der Waals surface area contributed by atoms with Crippen molar-refractivity contribution in [2.24, 2.45) is 0 Å². The van der Waals surface area contributed by atoms with Crippen molar-refractivity contribution in [3.63, 3.8) is 0 Å². The van der Waals surface area contributed by atoms with Crippen LogP contribution in [0.25, 0.3) is 0 Å². The lowest BCUT2D eigenvalue weighted by molar-refractivity contribution is -0.138. The second kappa shape index (κ2) is 9.04.